The molecule has 0 saturated heterocycles. The highest BCUT2D eigenvalue weighted by molar-refractivity contribution is 7.87. The molecule has 120 valence electrons. The maximum atomic E-state index is 12.2. The second-order valence-electron chi connectivity index (χ2n) is 3.79. The van der Waals surface area contributed by atoms with Crippen molar-refractivity contribution in [3.63, 3.8) is 0 Å². The van der Waals surface area contributed by atoms with Crippen molar-refractivity contribution in [2.24, 2.45) is 0 Å². The average molecular weight is 328 g/mol. The van der Waals surface area contributed by atoms with E-state index in [9.17, 15) is 21.6 Å². The van der Waals surface area contributed by atoms with Gasteiger partial charge in [-0.1, -0.05) is 12.1 Å². The number of benzene rings is 1. The van der Waals surface area contributed by atoms with Crippen molar-refractivity contribution in [2.45, 2.75) is 25.6 Å². The topological polar surface area (TPSA) is 61.8 Å². The first kappa shape index (κ1) is 17.7. The summed E-state index contributed by atoms with van der Waals surface area (Å²) in [6, 6.07) is 4.95. The maximum absolute atomic E-state index is 12.2. The van der Waals surface area contributed by atoms with E-state index in [1.54, 1.807) is 13.8 Å². The summed E-state index contributed by atoms with van der Waals surface area (Å²) < 4.78 is 72.8. The molecule has 0 atom stereocenters. The van der Waals surface area contributed by atoms with Crippen LogP contribution in [0.4, 0.5) is 13.2 Å². The molecule has 21 heavy (non-hydrogen) atoms. The van der Waals surface area contributed by atoms with Crippen molar-refractivity contribution in [3.8, 4) is 5.75 Å². The van der Waals surface area contributed by atoms with Crippen LogP contribution in [0.1, 0.15) is 25.7 Å². The Morgan fingerprint density at radius 2 is 1.52 bits per heavy atom. The summed E-state index contributed by atoms with van der Waals surface area (Å²) in [5.74, 6) is -0.442. The third kappa shape index (κ3) is 4.87. The lowest BCUT2D eigenvalue weighted by Crippen LogP contribution is -2.28. The first-order chi connectivity index (χ1) is 9.71. The molecule has 0 N–H and O–H groups in total. The quantitative estimate of drug-likeness (QED) is 0.437. The van der Waals surface area contributed by atoms with Crippen molar-refractivity contribution in [2.75, 3.05) is 13.2 Å². The molecule has 1 aromatic rings. The van der Waals surface area contributed by atoms with Crippen LogP contribution in [0, 0.1) is 0 Å². The minimum atomic E-state index is -5.67. The van der Waals surface area contributed by atoms with Gasteiger partial charge < -0.3 is 13.7 Å². The minimum absolute atomic E-state index is 0.380. The molecule has 0 spiro atoms. The molecule has 0 aliphatic carbocycles. The van der Waals surface area contributed by atoms with E-state index in [-0.39, 0.29) is 0 Å². The molecule has 9 heteroatoms. The number of halogens is 3. The van der Waals surface area contributed by atoms with Gasteiger partial charge in [-0.05, 0) is 26.0 Å². The SMILES string of the molecule is CCOC(OCC)c1ccc(OS(=O)(=O)C(F)(F)F)cc1. The van der Waals surface area contributed by atoms with Crippen molar-refractivity contribution in [1.29, 1.82) is 0 Å². The van der Waals surface area contributed by atoms with Crippen LogP contribution in [-0.2, 0) is 19.6 Å². The molecule has 0 fully saturated rings. The van der Waals surface area contributed by atoms with Gasteiger partial charge in [0.2, 0.25) is 0 Å². The van der Waals surface area contributed by atoms with Crippen LogP contribution >= 0.6 is 0 Å². The molecule has 0 aromatic heterocycles. The largest absolute Gasteiger partial charge is 0.534 e. The summed E-state index contributed by atoms with van der Waals surface area (Å²) in [6.45, 7) is 4.29. The minimum Gasteiger partial charge on any atom is -0.376 e. The van der Waals surface area contributed by atoms with Crippen LogP contribution in [-0.4, -0.2) is 27.1 Å². The normalized spacial score (nSPS) is 12.7. The Bertz CT molecular complexity index is 533. The molecular weight excluding hydrogens is 313 g/mol. The summed E-state index contributed by atoms with van der Waals surface area (Å²) in [4.78, 5) is 0. The predicted octanol–water partition coefficient (Wildman–Crippen LogP) is 2.99. The Balaban J connectivity index is 2.87. The average Bonchev–Trinajstić information content (AvgIpc) is 2.38. The fraction of sp³-hybridized carbons (Fsp3) is 0.500. The van der Waals surface area contributed by atoms with E-state index in [1.807, 2.05) is 0 Å². The second kappa shape index (κ2) is 7.10. The fourth-order valence-electron chi connectivity index (χ4n) is 1.40. The maximum Gasteiger partial charge on any atom is 0.534 e. The van der Waals surface area contributed by atoms with E-state index in [1.165, 1.54) is 12.1 Å². The van der Waals surface area contributed by atoms with Crippen molar-refractivity contribution >= 4 is 10.1 Å². The third-order valence-corrected chi connectivity index (χ3v) is 3.26. The Morgan fingerprint density at radius 3 is 1.90 bits per heavy atom. The number of hydrogen-bond acceptors (Lipinski definition) is 5. The van der Waals surface area contributed by atoms with E-state index in [0.29, 0.717) is 18.8 Å². The van der Waals surface area contributed by atoms with Crippen LogP contribution in [0.15, 0.2) is 24.3 Å². The molecule has 5 nitrogen and oxygen atoms in total. The number of rotatable bonds is 7. The van der Waals surface area contributed by atoms with Gasteiger partial charge in [0.15, 0.2) is 6.29 Å². The second-order valence-corrected chi connectivity index (χ2v) is 5.33. The molecule has 1 rings (SSSR count). The molecule has 0 bridgehead atoms. The van der Waals surface area contributed by atoms with Gasteiger partial charge in [-0.3, -0.25) is 0 Å². The predicted molar refractivity (Wildman–Crippen MR) is 68.0 cm³/mol. The molecule has 0 aliphatic rings. The highest BCUT2D eigenvalue weighted by atomic mass is 32.2. The molecule has 1 aromatic carbocycles. The van der Waals surface area contributed by atoms with Gasteiger partial charge in [-0.25, -0.2) is 0 Å². The smallest absolute Gasteiger partial charge is 0.376 e. The monoisotopic (exact) mass is 328 g/mol. The summed E-state index contributed by atoms with van der Waals surface area (Å²) in [7, 11) is -5.67. The summed E-state index contributed by atoms with van der Waals surface area (Å²) >= 11 is 0. The first-order valence-electron chi connectivity index (χ1n) is 6.05. The summed E-state index contributed by atoms with van der Waals surface area (Å²) in [5, 5.41) is 0. The van der Waals surface area contributed by atoms with Gasteiger partial charge in [-0.15, -0.1) is 0 Å². The van der Waals surface area contributed by atoms with E-state index in [0.717, 1.165) is 12.1 Å². The Hall–Kier alpha value is -1.32. The van der Waals surface area contributed by atoms with E-state index in [2.05, 4.69) is 4.18 Å². The lowest BCUT2D eigenvalue weighted by molar-refractivity contribution is -0.140. The first-order valence-corrected chi connectivity index (χ1v) is 7.46. The highest BCUT2D eigenvalue weighted by Gasteiger charge is 2.48. The zero-order chi connectivity index (χ0) is 16.1. The van der Waals surface area contributed by atoms with Crippen LogP contribution in [0.2, 0.25) is 0 Å². The summed E-state index contributed by atoms with van der Waals surface area (Å²) in [6.07, 6.45) is -0.673. The number of ether oxygens (including phenoxy) is 2. The summed E-state index contributed by atoms with van der Waals surface area (Å²) in [5.41, 5.74) is -4.93. The fourth-order valence-corrected chi connectivity index (χ4v) is 1.86. The van der Waals surface area contributed by atoms with Crippen molar-refractivity contribution < 1.29 is 35.2 Å². The standard InChI is InChI=1S/C12H15F3O5S/c1-3-18-11(19-4-2)9-5-7-10(8-6-9)20-21(16,17)12(13,14)15/h5-8,11H,3-4H2,1-2H3. The van der Waals surface area contributed by atoms with Crippen LogP contribution in [0.5, 0.6) is 5.75 Å². The van der Waals surface area contributed by atoms with Crippen LogP contribution in [0.3, 0.4) is 0 Å². The molecule has 0 heterocycles. The molecule has 0 radical (unpaired) electrons. The zero-order valence-corrected chi connectivity index (χ0v) is 12.2. The van der Waals surface area contributed by atoms with Crippen LogP contribution < -0.4 is 4.18 Å². The molecular formula is C12H15F3O5S. The van der Waals surface area contributed by atoms with Crippen molar-refractivity contribution in [1.82, 2.24) is 0 Å². The highest BCUT2D eigenvalue weighted by Crippen LogP contribution is 2.28. The number of hydrogen-bond donors (Lipinski definition) is 0. The van der Waals surface area contributed by atoms with Gasteiger partial charge in [0.05, 0.1) is 0 Å². The van der Waals surface area contributed by atoms with Gasteiger partial charge in [0.25, 0.3) is 0 Å². The van der Waals surface area contributed by atoms with Gasteiger partial charge in [-0.2, -0.15) is 21.6 Å². The Kier molecular flexibility index (Phi) is 5.99. The van der Waals surface area contributed by atoms with E-state index < -0.39 is 27.7 Å². The molecule has 0 saturated carbocycles. The van der Waals surface area contributed by atoms with E-state index in [4.69, 9.17) is 9.47 Å². The molecule has 0 unspecified atom stereocenters. The van der Waals surface area contributed by atoms with E-state index >= 15 is 0 Å². The Labute approximate surface area is 120 Å². The van der Waals surface area contributed by atoms with Crippen LogP contribution in [0.25, 0.3) is 0 Å². The zero-order valence-electron chi connectivity index (χ0n) is 11.4. The van der Waals surface area contributed by atoms with Crippen molar-refractivity contribution in [3.05, 3.63) is 29.8 Å². The molecule has 0 amide bonds. The lowest BCUT2D eigenvalue weighted by Gasteiger charge is -2.17. The Morgan fingerprint density at radius 1 is 1.05 bits per heavy atom. The molecule has 0 aliphatic heterocycles. The number of alkyl halides is 3. The van der Waals surface area contributed by atoms with Gasteiger partial charge in [0.1, 0.15) is 5.75 Å². The third-order valence-electron chi connectivity index (χ3n) is 2.28. The van der Waals surface area contributed by atoms with Gasteiger partial charge >= 0.3 is 15.6 Å². The van der Waals surface area contributed by atoms with Gasteiger partial charge in [0, 0.05) is 18.8 Å². The lowest BCUT2D eigenvalue weighted by atomic mass is 10.2.